The van der Waals surface area contributed by atoms with Crippen LogP contribution in [0.5, 0.6) is 5.75 Å². The zero-order valence-electron chi connectivity index (χ0n) is 11.9. The van der Waals surface area contributed by atoms with E-state index in [0.29, 0.717) is 0 Å². The molecule has 0 radical (unpaired) electrons. The van der Waals surface area contributed by atoms with E-state index in [-0.39, 0.29) is 5.41 Å². The van der Waals surface area contributed by atoms with Crippen molar-refractivity contribution < 1.29 is 4.74 Å². The summed E-state index contributed by atoms with van der Waals surface area (Å²) in [6.07, 6.45) is 5.06. The van der Waals surface area contributed by atoms with Gasteiger partial charge in [-0.05, 0) is 24.8 Å². The van der Waals surface area contributed by atoms with Gasteiger partial charge >= 0.3 is 0 Å². The second-order valence-corrected chi connectivity index (χ2v) is 6.95. The van der Waals surface area contributed by atoms with Crippen LogP contribution in [0.2, 0.25) is 0 Å². The van der Waals surface area contributed by atoms with Gasteiger partial charge in [0.2, 0.25) is 0 Å². The van der Waals surface area contributed by atoms with Crippen molar-refractivity contribution >= 4 is 11.3 Å². The molecule has 1 heterocycles. The Morgan fingerprint density at radius 1 is 1.18 bits per heavy atom. The van der Waals surface area contributed by atoms with E-state index in [2.05, 4.69) is 40.7 Å². The van der Waals surface area contributed by atoms with E-state index in [4.69, 9.17) is 4.74 Å². The van der Waals surface area contributed by atoms with Gasteiger partial charge in [-0.25, -0.2) is 0 Å². The van der Waals surface area contributed by atoms with Gasteiger partial charge in [0.05, 0.1) is 6.61 Å². The molecule has 2 heteroatoms. The minimum atomic E-state index is 0.235. The van der Waals surface area contributed by atoms with E-state index in [1.165, 1.54) is 35.4 Å². The van der Waals surface area contributed by atoms with Crippen LogP contribution in [-0.4, -0.2) is 6.61 Å². The van der Waals surface area contributed by atoms with Crippen LogP contribution >= 0.6 is 11.3 Å². The molecule has 0 fully saturated rings. The topological polar surface area (TPSA) is 9.23 Å². The largest absolute Gasteiger partial charge is 0.492 e. The summed E-state index contributed by atoms with van der Waals surface area (Å²) in [5.41, 5.74) is 0.235. The van der Waals surface area contributed by atoms with Crippen LogP contribution in [0.4, 0.5) is 0 Å². The van der Waals surface area contributed by atoms with Crippen LogP contribution in [0, 0.1) is 6.92 Å². The lowest BCUT2D eigenvalue weighted by atomic mass is 9.95. The number of unbranched alkanes of at least 4 members (excludes halogenated alkanes) is 3. The lowest BCUT2D eigenvalue weighted by molar-refractivity contribution is 0.304. The summed E-state index contributed by atoms with van der Waals surface area (Å²) in [5, 5.41) is 0. The predicted molar refractivity (Wildman–Crippen MR) is 77.4 cm³/mol. The second-order valence-electron chi connectivity index (χ2n) is 5.69. The van der Waals surface area contributed by atoms with E-state index >= 15 is 0 Å². The molecule has 0 amide bonds. The van der Waals surface area contributed by atoms with Crippen molar-refractivity contribution in [1.29, 1.82) is 0 Å². The third-order valence-corrected chi connectivity index (χ3v) is 4.32. The normalized spacial score (nSPS) is 11.8. The highest BCUT2D eigenvalue weighted by molar-refractivity contribution is 7.12. The summed E-state index contributed by atoms with van der Waals surface area (Å²) in [6, 6.07) is 2.22. The van der Waals surface area contributed by atoms with Crippen LogP contribution in [0.25, 0.3) is 0 Å². The Labute approximate surface area is 110 Å². The Balaban J connectivity index is 2.46. The highest BCUT2D eigenvalue weighted by Gasteiger charge is 2.18. The number of ether oxygens (including phenoxy) is 1. The lowest BCUT2D eigenvalue weighted by Gasteiger charge is -2.15. The molecular weight excluding hydrogens is 228 g/mol. The molecule has 0 aliphatic rings. The van der Waals surface area contributed by atoms with Crippen LogP contribution < -0.4 is 4.74 Å². The smallest absolute Gasteiger partial charge is 0.133 e. The van der Waals surface area contributed by atoms with Gasteiger partial charge in [0.1, 0.15) is 5.75 Å². The summed E-state index contributed by atoms with van der Waals surface area (Å²) in [4.78, 5) is 2.73. The molecule has 98 valence electrons. The SMILES string of the molecule is CCCCCCOc1cc(C(C)(C)C)sc1C. The first-order valence-electron chi connectivity index (χ1n) is 6.69. The van der Waals surface area contributed by atoms with Gasteiger partial charge in [-0.2, -0.15) is 0 Å². The molecule has 0 spiro atoms. The van der Waals surface area contributed by atoms with E-state index in [1.54, 1.807) is 0 Å². The molecule has 0 saturated carbocycles. The van der Waals surface area contributed by atoms with Crippen molar-refractivity contribution in [3.63, 3.8) is 0 Å². The van der Waals surface area contributed by atoms with Crippen LogP contribution in [0.3, 0.4) is 0 Å². The van der Waals surface area contributed by atoms with E-state index < -0.39 is 0 Å². The molecule has 0 bridgehead atoms. The summed E-state index contributed by atoms with van der Waals surface area (Å²) >= 11 is 1.86. The van der Waals surface area contributed by atoms with Crippen molar-refractivity contribution in [2.24, 2.45) is 0 Å². The van der Waals surface area contributed by atoms with Crippen molar-refractivity contribution in [2.75, 3.05) is 6.61 Å². The van der Waals surface area contributed by atoms with E-state index in [0.717, 1.165) is 12.4 Å². The van der Waals surface area contributed by atoms with E-state index in [9.17, 15) is 0 Å². The molecule has 0 saturated heterocycles. The van der Waals surface area contributed by atoms with Crippen molar-refractivity contribution in [3.05, 3.63) is 15.8 Å². The predicted octanol–water partition coefficient (Wildman–Crippen LogP) is 5.31. The fourth-order valence-electron chi connectivity index (χ4n) is 1.69. The molecular formula is C15H26OS. The number of hydrogen-bond donors (Lipinski definition) is 0. The van der Waals surface area contributed by atoms with Crippen LogP contribution in [-0.2, 0) is 5.41 Å². The molecule has 0 aromatic carbocycles. The molecule has 0 aliphatic carbocycles. The number of aryl methyl sites for hydroxylation is 1. The monoisotopic (exact) mass is 254 g/mol. The number of thiophene rings is 1. The first-order valence-corrected chi connectivity index (χ1v) is 7.50. The molecule has 1 aromatic heterocycles. The van der Waals surface area contributed by atoms with Crippen molar-refractivity contribution in [3.8, 4) is 5.75 Å². The molecule has 17 heavy (non-hydrogen) atoms. The molecule has 0 atom stereocenters. The quantitative estimate of drug-likeness (QED) is 0.625. The summed E-state index contributed by atoms with van der Waals surface area (Å²) in [6.45, 7) is 12.0. The van der Waals surface area contributed by atoms with E-state index in [1.807, 2.05) is 11.3 Å². The summed E-state index contributed by atoms with van der Waals surface area (Å²) in [5.74, 6) is 1.09. The molecule has 0 unspecified atom stereocenters. The van der Waals surface area contributed by atoms with Gasteiger partial charge in [0.25, 0.3) is 0 Å². The Morgan fingerprint density at radius 3 is 2.41 bits per heavy atom. The Hall–Kier alpha value is -0.500. The highest BCUT2D eigenvalue weighted by atomic mass is 32.1. The zero-order valence-corrected chi connectivity index (χ0v) is 12.7. The first kappa shape index (κ1) is 14.6. The third kappa shape index (κ3) is 4.71. The second kappa shape index (κ2) is 6.44. The molecule has 0 aliphatic heterocycles. The summed E-state index contributed by atoms with van der Waals surface area (Å²) < 4.78 is 5.87. The van der Waals surface area contributed by atoms with Gasteiger partial charge < -0.3 is 4.74 Å². The van der Waals surface area contributed by atoms with Gasteiger partial charge in [-0.15, -0.1) is 11.3 Å². The third-order valence-electron chi connectivity index (χ3n) is 2.87. The maximum absolute atomic E-state index is 5.87. The highest BCUT2D eigenvalue weighted by Crippen LogP contribution is 2.36. The maximum Gasteiger partial charge on any atom is 0.133 e. The lowest BCUT2D eigenvalue weighted by Crippen LogP contribution is -2.08. The standard InChI is InChI=1S/C15H26OS/c1-6-7-8-9-10-16-13-11-14(15(3,4)5)17-12(13)2/h11H,6-10H2,1-5H3. The van der Waals surface area contributed by atoms with Gasteiger partial charge in [0, 0.05) is 9.75 Å². The molecule has 1 nitrogen and oxygen atoms in total. The van der Waals surface area contributed by atoms with Crippen molar-refractivity contribution in [2.45, 2.75) is 65.7 Å². The first-order chi connectivity index (χ1) is 7.95. The zero-order chi connectivity index (χ0) is 12.9. The number of hydrogen-bond acceptors (Lipinski definition) is 2. The fraction of sp³-hybridized carbons (Fsp3) is 0.733. The van der Waals surface area contributed by atoms with Crippen LogP contribution in [0.1, 0.15) is 63.1 Å². The number of rotatable bonds is 6. The molecule has 1 aromatic rings. The van der Waals surface area contributed by atoms with Gasteiger partial charge in [-0.1, -0.05) is 47.0 Å². The Bertz CT molecular complexity index is 333. The van der Waals surface area contributed by atoms with Crippen molar-refractivity contribution in [1.82, 2.24) is 0 Å². The minimum Gasteiger partial charge on any atom is -0.492 e. The van der Waals surface area contributed by atoms with Crippen LogP contribution in [0.15, 0.2) is 6.07 Å². The minimum absolute atomic E-state index is 0.235. The molecule has 1 rings (SSSR count). The average molecular weight is 254 g/mol. The van der Waals surface area contributed by atoms with Gasteiger partial charge in [0.15, 0.2) is 0 Å². The Kier molecular flexibility index (Phi) is 5.51. The maximum atomic E-state index is 5.87. The average Bonchev–Trinajstić information content (AvgIpc) is 2.60. The van der Waals surface area contributed by atoms with Gasteiger partial charge in [-0.3, -0.25) is 0 Å². The molecule has 0 N–H and O–H groups in total. The summed E-state index contributed by atoms with van der Waals surface area (Å²) in [7, 11) is 0. The Morgan fingerprint density at radius 2 is 1.88 bits per heavy atom. The fourth-order valence-corrected chi connectivity index (χ4v) is 2.71.